The molecule has 2 aliphatic rings. The van der Waals surface area contributed by atoms with Crippen LogP contribution in [0.3, 0.4) is 0 Å². The number of benzene rings is 1. The molecule has 0 radical (unpaired) electrons. The van der Waals surface area contributed by atoms with Crippen LogP contribution in [0.4, 0.5) is 16.2 Å². The van der Waals surface area contributed by atoms with Gasteiger partial charge in [0.2, 0.25) is 0 Å². The van der Waals surface area contributed by atoms with E-state index in [-0.39, 0.29) is 11.7 Å². The highest BCUT2D eigenvalue weighted by Crippen LogP contribution is 2.33. The lowest BCUT2D eigenvalue weighted by Crippen LogP contribution is -2.50. The molecule has 0 unspecified atom stereocenters. The number of amides is 1. The number of nitrogens with zero attached hydrogens (tertiary/aromatic N) is 3. The highest BCUT2D eigenvalue weighted by molar-refractivity contribution is 6.15. The van der Waals surface area contributed by atoms with Gasteiger partial charge < -0.3 is 29.3 Å². The summed E-state index contributed by atoms with van der Waals surface area (Å²) < 4.78 is 15.8. The Balaban J connectivity index is 1.52. The number of hydrogen-bond donors (Lipinski definition) is 1. The molecule has 0 atom stereocenters. The van der Waals surface area contributed by atoms with E-state index in [1.54, 1.807) is 17.3 Å². The first kappa shape index (κ1) is 24.3. The zero-order chi connectivity index (χ0) is 25.4. The molecule has 0 saturated carbocycles. The Kier molecular flexibility index (Phi) is 6.31. The third-order valence-electron chi connectivity index (χ3n) is 5.56. The lowest BCUT2D eigenvalue weighted by atomic mass is 10.1. The average molecular weight is 483 g/mol. The normalized spacial score (nSPS) is 18.1. The molecule has 1 amide bonds. The van der Waals surface area contributed by atoms with E-state index in [0.717, 1.165) is 16.5 Å². The molecule has 0 spiro atoms. The molecule has 10 nitrogen and oxygen atoms in total. The van der Waals surface area contributed by atoms with Gasteiger partial charge in [-0.3, -0.25) is 4.98 Å². The quantitative estimate of drug-likeness (QED) is 0.400. The van der Waals surface area contributed by atoms with E-state index in [1.165, 1.54) is 20.0 Å². The molecular weight excluding hydrogens is 452 g/mol. The van der Waals surface area contributed by atoms with Crippen LogP contribution in [0.5, 0.6) is 0 Å². The molecule has 1 aromatic carbocycles. The first-order chi connectivity index (χ1) is 16.4. The first-order valence-corrected chi connectivity index (χ1v) is 11.5. The zero-order valence-electron chi connectivity index (χ0n) is 20.6. The topological polar surface area (TPSA) is 110 Å². The van der Waals surface area contributed by atoms with E-state index in [2.05, 4.69) is 15.2 Å². The van der Waals surface area contributed by atoms with Gasteiger partial charge in [-0.25, -0.2) is 14.4 Å². The Morgan fingerprint density at radius 3 is 2.34 bits per heavy atom. The van der Waals surface area contributed by atoms with Crippen molar-refractivity contribution in [2.45, 2.75) is 46.0 Å². The maximum absolute atomic E-state index is 12.4. The molecule has 2 aliphatic heterocycles. The monoisotopic (exact) mass is 482 g/mol. The Labute approximate surface area is 203 Å². The van der Waals surface area contributed by atoms with Gasteiger partial charge >= 0.3 is 18.0 Å². The Bertz CT molecular complexity index is 1170. The fourth-order valence-electron chi connectivity index (χ4n) is 3.96. The Morgan fingerprint density at radius 1 is 1.06 bits per heavy atom. The minimum atomic E-state index is -1.29. The molecule has 0 bridgehead atoms. The number of carbonyl (C=O) groups excluding carboxylic acids is 3. The van der Waals surface area contributed by atoms with E-state index in [4.69, 9.17) is 14.2 Å². The number of ether oxygens (including phenoxy) is 3. The van der Waals surface area contributed by atoms with E-state index in [1.807, 2.05) is 39.0 Å². The highest BCUT2D eigenvalue weighted by Gasteiger charge is 2.39. The number of aromatic nitrogens is 1. The third-order valence-corrected chi connectivity index (χ3v) is 5.56. The van der Waals surface area contributed by atoms with Crippen LogP contribution < -0.4 is 10.2 Å². The summed E-state index contributed by atoms with van der Waals surface area (Å²) in [6.07, 6.45) is 4.42. The zero-order valence-corrected chi connectivity index (χ0v) is 20.6. The summed E-state index contributed by atoms with van der Waals surface area (Å²) in [5.74, 6) is -2.79. The van der Waals surface area contributed by atoms with Crippen LogP contribution in [0, 0.1) is 0 Å². The standard InChI is InChI=1S/C25H30N4O6/c1-24(2,3)35-23(32)29-12-10-28(11-13-29)20-7-6-19(17-14-26-9-8-16(17)20)27-15-18-21(30)33-25(4,5)34-22(18)31/h6-9,14-15,27H,10-13H2,1-5H3. The van der Waals surface area contributed by atoms with E-state index >= 15 is 0 Å². The van der Waals surface area contributed by atoms with Crippen molar-refractivity contribution in [3.63, 3.8) is 0 Å². The predicted octanol–water partition coefficient (Wildman–Crippen LogP) is 3.42. The summed E-state index contributed by atoms with van der Waals surface area (Å²) in [5.41, 5.74) is 0.921. The van der Waals surface area contributed by atoms with E-state index < -0.39 is 23.3 Å². The summed E-state index contributed by atoms with van der Waals surface area (Å²) in [4.78, 5) is 45.0. The molecule has 3 heterocycles. The van der Waals surface area contributed by atoms with Gasteiger partial charge in [0.25, 0.3) is 5.79 Å². The molecule has 4 rings (SSSR count). The number of carbonyl (C=O) groups is 3. The molecule has 2 fully saturated rings. The van der Waals surface area contributed by atoms with E-state index in [0.29, 0.717) is 31.9 Å². The van der Waals surface area contributed by atoms with Gasteiger partial charge in [0.05, 0.1) is 0 Å². The van der Waals surface area contributed by atoms with Crippen molar-refractivity contribution >= 4 is 40.2 Å². The van der Waals surface area contributed by atoms with Crippen molar-refractivity contribution in [2.75, 3.05) is 36.4 Å². The fraction of sp³-hybridized carbons (Fsp3) is 0.440. The second-order valence-electron chi connectivity index (χ2n) is 9.89. The number of rotatable bonds is 3. The van der Waals surface area contributed by atoms with Crippen molar-refractivity contribution in [1.29, 1.82) is 0 Å². The van der Waals surface area contributed by atoms with Crippen molar-refractivity contribution in [1.82, 2.24) is 9.88 Å². The number of piperazine rings is 1. The number of anilines is 2. The second-order valence-corrected chi connectivity index (χ2v) is 9.89. The minimum absolute atomic E-state index is 0.219. The van der Waals surface area contributed by atoms with Crippen LogP contribution in [0.2, 0.25) is 0 Å². The van der Waals surface area contributed by atoms with Crippen molar-refractivity contribution < 1.29 is 28.6 Å². The smallest absolute Gasteiger partial charge is 0.410 e. The van der Waals surface area contributed by atoms with E-state index in [9.17, 15) is 14.4 Å². The number of esters is 2. The number of nitrogens with one attached hydrogen (secondary N) is 1. The molecule has 10 heteroatoms. The number of pyridine rings is 1. The van der Waals surface area contributed by atoms with Gasteiger partial charge in [-0.1, -0.05) is 0 Å². The van der Waals surface area contributed by atoms with Crippen molar-refractivity contribution in [3.8, 4) is 0 Å². The number of cyclic esters (lactones) is 2. The molecule has 2 aromatic rings. The molecule has 2 saturated heterocycles. The molecule has 0 aliphatic carbocycles. The van der Waals surface area contributed by atoms with Gasteiger partial charge in [0, 0.05) is 80.8 Å². The largest absolute Gasteiger partial charge is 0.444 e. The van der Waals surface area contributed by atoms with Gasteiger partial charge in [-0.2, -0.15) is 0 Å². The number of fused-ring (bicyclic) bond motifs is 1. The fourth-order valence-corrected chi connectivity index (χ4v) is 3.96. The molecule has 186 valence electrons. The third kappa shape index (κ3) is 5.47. The lowest BCUT2D eigenvalue weighted by molar-refractivity contribution is -0.222. The Morgan fingerprint density at radius 2 is 1.71 bits per heavy atom. The number of hydrogen-bond acceptors (Lipinski definition) is 9. The van der Waals surface area contributed by atoms with Gasteiger partial charge in [0.1, 0.15) is 5.60 Å². The lowest BCUT2D eigenvalue weighted by Gasteiger charge is -2.37. The first-order valence-electron chi connectivity index (χ1n) is 11.5. The van der Waals surface area contributed by atoms with Crippen molar-refractivity contribution in [2.24, 2.45) is 0 Å². The maximum Gasteiger partial charge on any atom is 0.410 e. The van der Waals surface area contributed by atoms with Crippen LogP contribution in [-0.2, 0) is 23.8 Å². The highest BCUT2D eigenvalue weighted by atomic mass is 16.7. The summed E-state index contributed by atoms with van der Waals surface area (Å²) >= 11 is 0. The van der Waals surface area contributed by atoms with Gasteiger partial charge in [-0.05, 0) is 39.0 Å². The summed E-state index contributed by atoms with van der Waals surface area (Å²) in [5, 5.41) is 4.79. The average Bonchev–Trinajstić information content (AvgIpc) is 2.76. The SMILES string of the molecule is CC(C)(C)OC(=O)N1CCN(c2ccc(NC=C3C(=O)OC(C)(C)OC3=O)c3cnccc23)CC1. The van der Waals surface area contributed by atoms with Gasteiger partial charge in [0.15, 0.2) is 5.57 Å². The van der Waals surface area contributed by atoms with Gasteiger partial charge in [-0.15, -0.1) is 0 Å². The minimum Gasteiger partial charge on any atom is -0.444 e. The van der Waals surface area contributed by atoms with Crippen LogP contribution in [0.25, 0.3) is 10.8 Å². The predicted molar refractivity (Wildman–Crippen MR) is 130 cm³/mol. The summed E-state index contributed by atoms with van der Waals surface area (Å²) in [6.45, 7) is 11.0. The van der Waals surface area contributed by atoms with Crippen LogP contribution in [0.1, 0.15) is 34.6 Å². The van der Waals surface area contributed by atoms with Crippen LogP contribution in [0.15, 0.2) is 42.4 Å². The Hall–Kier alpha value is -3.82. The summed E-state index contributed by atoms with van der Waals surface area (Å²) in [6, 6.07) is 5.74. The molecular formula is C25H30N4O6. The molecule has 1 N–H and O–H groups in total. The molecule has 35 heavy (non-hydrogen) atoms. The second kappa shape index (κ2) is 9.09. The summed E-state index contributed by atoms with van der Waals surface area (Å²) in [7, 11) is 0. The van der Waals surface area contributed by atoms with Crippen LogP contribution >= 0.6 is 0 Å². The van der Waals surface area contributed by atoms with Crippen molar-refractivity contribution in [3.05, 3.63) is 42.4 Å². The maximum atomic E-state index is 12.4. The molecule has 1 aromatic heterocycles. The van der Waals surface area contributed by atoms with Crippen LogP contribution in [-0.4, -0.2) is 65.5 Å².